The Hall–Kier alpha value is -3.08. The minimum absolute atomic E-state index is 0.270. The van der Waals surface area contributed by atoms with Crippen molar-refractivity contribution in [3.8, 4) is 17.3 Å². The van der Waals surface area contributed by atoms with Gasteiger partial charge in [-0.15, -0.1) is 0 Å². The summed E-state index contributed by atoms with van der Waals surface area (Å²) in [5.74, 6) is 0.593. The third-order valence-electron chi connectivity index (χ3n) is 5.04. The number of para-hydroxylation sites is 1. The number of esters is 1. The molecule has 0 saturated carbocycles. The van der Waals surface area contributed by atoms with Crippen LogP contribution in [0.3, 0.4) is 0 Å². The second kappa shape index (κ2) is 9.52. The Labute approximate surface area is 223 Å². The first-order valence-electron chi connectivity index (χ1n) is 10.2. The molecule has 0 aliphatic rings. The number of aromatic nitrogens is 2. The molecule has 0 aliphatic heterocycles. The van der Waals surface area contributed by atoms with Gasteiger partial charge in [-0.1, -0.05) is 28.1 Å². The molecule has 174 valence electrons. The van der Waals surface area contributed by atoms with E-state index >= 15 is 0 Å². The number of carbonyl (C=O) groups is 1. The van der Waals surface area contributed by atoms with E-state index in [1.54, 1.807) is 30.3 Å². The topological polar surface area (TPSA) is 86.7 Å². The van der Waals surface area contributed by atoms with Gasteiger partial charge in [0.25, 0.3) is 5.56 Å². The number of rotatable bonds is 4. The minimum Gasteiger partial charge on any atom is -0.453 e. The van der Waals surface area contributed by atoms with Crippen LogP contribution in [-0.4, -0.2) is 21.8 Å². The molecule has 5 aromatic rings. The van der Waals surface area contributed by atoms with Gasteiger partial charge in [0.15, 0.2) is 11.5 Å². The molecule has 35 heavy (non-hydrogen) atoms. The van der Waals surface area contributed by atoms with Crippen molar-refractivity contribution in [2.45, 2.75) is 6.92 Å². The second-order valence-electron chi connectivity index (χ2n) is 7.51. The highest BCUT2D eigenvalue weighted by molar-refractivity contribution is 9.11. The van der Waals surface area contributed by atoms with Crippen LogP contribution in [0.5, 0.6) is 5.75 Å². The monoisotopic (exact) mass is 657 g/mol. The molecule has 0 N–H and O–H groups in total. The highest BCUT2D eigenvalue weighted by Crippen LogP contribution is 2.35. The van der Waals surface area contributed by atoms with Crippen molar-refractivity contribution in [1.82, 2.24) is 9.66 Å². The van der Waals surface area contributed by atoms with Gasteiger partial charge in [0.2, 0.25) is 5.82 Å². The molecule has 7 nitrogen and oxygen atoms in total. The second-order valence-corrected chi connectivity index (χ2v) is 10.1. The number of halogens is 3. The van der Waals surface area contributed by atoms with Crippen LogP contribution in [0.1, 0.15) is 12.5 Å². The molecule has 2 heterocycles. The first kappa shape index (κ1) is 23.7. The van der Waals surface area contributed by atoms with Crippen LogP contribution >= 0.6 is 47.8 Å². The maximum absolute atomic E-state index is 13.4. The molecular weight excluding hydrogens is 646 g/mol. The fourth-order valence-electron chi connectivity index (χ4n) is 3.53. The van der Waals surface area contributed by atoms with E-state index in [1.165, 1.54) is 17.8 Å². The molecule has 0 bridgehead atoms. The van der Waals surface area contributed by atoms with E-state index in [0.717, 1.165) is 9.86 Å². The van der Waals surface area contributed by atoms with Gasteiger partial charge in [0.05, 0.1) is 26.1 Å². The minimum atomic E-state index is -0.441. The Morgan fingerprint density at radius 2 is 1.80 bits per heavy atom. The molecule has 0 radical (unpaired) electrons. The molecule has 3 aromatic carbocycles. The summed E-state index contributed by atoms with van der Waals surface area (Å²) in [7, 11) is 0. The van der Waals surface area contributed by atoms with Crippen LogP contribution < -0.4 is 10.3 Å². The van der Waals surface area contributed by atoms with Crippen LogP contribution in [0.15, 0.2) is 88.4 Å². The van der Waals surface area contributed by atoms with E-state index < -0.39 is 5.97 Å². The zero-order valence-corrected chi connectivity index (χ0v) is 22.7. The van der Waals surface area contributed by atoms with Gasteiger partial charge in [-0.25, -0.2) is 4.98 Å². The fraction of sp³-hybridized carbons (Fsp3) is 0.0400. The zero-order chi connectivity index (χ0) is 24.7. The van der Waals surface area contributed by atoms with Crippen molar-refractivity contribution in [1.29, 1.82) is 0 Å². The number of fused-ring (bicyclic) bond motifs is 2. The predicted molar refractivity (Wildman–Crippen MR) is 145 cm³/mol. The summed E-state index contributed by atoms with van der Waals surface area (Å²) >= 11 is 10.3. The standard InChI is InChI=1S/C25H14Br3N3O4/c1-13(32)34-23-18(27)8-14(9-19(23)28)12-29-31-24(30-20-5-3-2-4-17(20)25(31)33)22-11-15-10-16(26)6-7-21(15)35-22/h2-12H,1H3. The van der Waals surface area contributed by atoms with E-state index in [-0.39, 0.29) is 11.4 Å². The molecular formula is C25H14Br3N3O4. The number of hydrogen-bond donors (Lipinski definition) is 0. The summed E-state index contributed by atoms with van der Waals surface area (Å²) in [5, 5.41) is 5.75. The zero-order valence-electron chi connectivity index (χ0n) is 18.0. The predicted octanol–water partition coefficient (Wildman–Crippen LogP) is 6.90. The van der Waals surface area contributed by atoms with Crippen LogP contribution in [0.2, 0.25) is 0 Å². The van der Waals surface area contributed by atoms with Crippen molar-refractivity contribution in [2.24, 2.45) is 5.10 Å². The number of hydrogen-bond acceptors (Lipinski definition) is 6. The maximum Gasteiger partial charge on any atom is 0.308 e. The highest BCUT2D eigenvalue weighted by atomic mass is 79.9. The summed E-state index contributed by atoms with van der Waals surface area (Å²) in [6.45, 7) is 1.33. The Kier molecular flexibility index (Phi) is 6.43. The number of benzene rings is 3. The lowest BCUT2D eigenvalue weighted by atomic mass is 10.2. The van der Waals surface area contributed by atoms with Gasteiger partial charge >= 0.3 is 5.97 Å². The van der Waals surface area contributed by atoms with Crippen LogP contribution in [0.4, 0.5) is 0 Å². The van der Waals surface area contributed by atoms with Crippen molar-refractivity contribution >= 4 is 81.8 Å². The van der Waals surface area contributed by atoms with Gasteiger partial charge in [0, 0.05) is 16.8 Å². The molecule has 10 heteroatoms. The van der Waals surface area contributed by atoms with Crippen molar-refractivity contribution in [3.05, 3.63) is 90.0 Å². The van der Waals surface area contributed by atoms with Gasteiger partial charge in [-0.2, -0.15) is 9.78 Å². The molecule has 0 saturated heterocycles. The van der Waals surface area contributed by atoms with Crippen molar-refractivity contribution < 1.29 is 13.9 Å². The molecule has 0 aliphatic carbocycles. The average Bonchev–Trinajstić information content (AvgIpc) is 3.23. The number of ether oxygens (including phenoxy) is 1. The molecule has 0 amide bonds. The molecule has 0 spiro atoms. The third-order valence-corrected chi connectivity index (χ3v) is 6.71. The van der Waals surface area contributed by atoms with Crippen LogP contribution in [-0.2, 0) is 4.79 Å². The lowest BCUT2D eigenvalue weighted by Gasteiger charge is -2.09. The van der Waals surface area contributed by atoms with Crippen LogP contribution in [0, 0.1) is 0 Å². The smallest absolute Gasteiger partial charge is 0.308 e. The highest BCUT2D eigenvalue weighted by Gasteiger charge is 2.17. The maximum atomic E-state index is 13.4. The molecule has 5 rings (SSSR count). The summed E-state index contributed by atoms with van der Waals surface area (Å²) in [5.41, 5.74) is 1.52. The molecule has 0 unspecified atom stereocenters. The molecule has 0 atom stereocenters. The summed E-state index contributed by atoms with van der Waals surface area (Å²) in [4.78, 5) is 29.5. The number of furan rings is 1. The van der Waals surface area contributed by atoms with Gasteiger partial charge in [0.1, 0.15) is 5.58 Å². The van der Waals surface area contributed by atoms with E-state index in [0.29, 0.717) is 42.5 Å². The van der Waals surface area contributed by atoms with Crippen LogP contribution in [0.25, 0.3) is 33.5 Å². The molecule has 0 fully saturated rings. The van der Waals surface area contributed by atoms with E-state index in [9.17, 15) is 9.59 Å². The Morgan fingerprint density at radius 1 is 1.06 bits per heavy atom. The van der Waals surface area contributed by atoms with Gasteiger partial charge < -0.3 is 9.15 Å². The average molecular weight is 660 g/mol. The Bertz CT molecular complexity index is 1700. The Balaban J connectivity index is 1.67. The number of nitrogens with zero attached hydrogens (tertiary/aromatic N) is 3. The largest absolute Gasteiger partial charge is 0.453 e. The number of carbonyl (C=O) groups excluding carboxylic acids is 1. The van der Waals surface area contributed by atoms with E-state index in [4.69, 9.17) is 9.15 Å². The molecule has 2 aromatic heterocycles. The third kappa shape index (κ3) is 4.73. The van der Waals surface area contributed by atoms with Crippen molar-refractivity contribution in [3.63, 3.8) is 0 Å². The van der Waals surface area contributed by atoms with Gasteiger partial charge in [-0.3, -0.25) is 9.59 Å². The SMILES string of the molecule is CC(=O)Oc1c(Br)cc(C=Nn2c(-c3cc4cc(Br)ccc4o3)nc3ccccc3c2=O)cc1Br. The first-order chi connectivity index (χ1) is 16.8. The van der Waals surface area contributed by atoms with Gasteiger partial charge in [-0.05, 0) is 86.0 Å². The first-order valence-corrected chi connectivity index (χ1v) is 12.6. The summed E-state index contributed by atoms with van der Waals surface area (Å²) in [6.07, 6.45) is 1.52. The lowest BCUT2D eigenvalue weighted by Crippen LogP contribution is -2.20. The van der Waals surface area contributed by atoms with E-state index in [2.05, 4.69) is 57.9 Å². The summed E-state index contributed by atoms with van der Waals surface area (Å²) in [6, 6.07) is 18.0. The van der Waals surface area contributed by atoms with E-state index in [1.807, 2.05) is 30.3 Å². The fourth-order valence-corrected chi connectivity index (χ4v) is 5.30. The summed E-state index contributed by atoms with van der Waals surface area (Å²) < 4.78 is 14.5. The van der Waals surface area contributed by atoms with Crippen molar-refractivity contribution in [2.75, 3.05) is 0 Å². The lowest BCUT2D eigenvalue weighted by molar-refractivity contribution is -0.131. The Morgan fingerprint density at radius 3 is 2.54 bits per heavy atom. The normalized spacial score (nSPS) is 11.5. The quantitative estimate of drug-likeness (QED) is 0.119.